The molecule has 2 unspecified atom stereocenters. The minimum atomic E-state index is -0.814. The molecular formula is C21H25F2NO2. The van der Waals surface area contributed by atoms with Gasteiger partial charge in [0.25, 0.3) is 0 Å². The van der Waals surface area contributed by atoms with Crippen LogP contribution >= 0.6 is 0 Å². The first kappa shape index (κ1) is 20.0. The van der Waals surface area contributed by atoms with Crippen LogP contribution in [-0.2, 0) is 17.6 Å². The van der Waals surface area contributed by atoms with Crippen molar-refractivity contribution >= 4 is 5.97 Å². The summed E-state index contributed by atoms with van der Waals surface area (Å²) in [4.78, 5) is 10.9. The highest BCUT2D eigenvalue weighted by Crippen LogP contribution is 2.14. The minimum Gasteiger partial charge on any atom is -0.481 e. The average Bonchev–Trinajstić information content (AvgIpc) is 2.60. The quantitative estimate of drug-likeness (QED) is 0.661. The molecular weight excluding hydrogens is 336 g/mol. The van der Waals surface area contributed by atoms with Crippen LogP contribution in [0.5, 0.6) is 0 Å². The lowest BCUT2D eigenvalue weighted by Gasteiger charge is -2.23. The predicted octanol–water partition coefficient (Wildman–Crippen LogP) is 4.35. The SMILES string of the molecule is CC(CCc1ccc(F)cc1F)NC(CCC(=O)O)Cc1ccccc1. The highest BCUT2D eigenvalue weighted by atomic mass is 19.1. The third kappa shape index (κ3) is 6.92. The summed E-state index contributed by atoms with van der Waals surface area (Å²) in [6, 6.07) is 13.7. The molecule has 140 valence electrons. The van der Waals surface area contributed by atoms with E-state index in [0.717, 1.165) is 18.1 Å². The summed E-state index contributed by atoms with van der Waals surface area (Å²) in [6.45, 7) is 2.00. The number of carboxylic acids is 1. The second-order valence-corrected chi connectivity index (χ2v) is 6.66. The number of aliphatic carboxylic acids is 1. The first-order valence-corrected chi connectivity index (χ1v) is 8.89. The number of carbonyl (C=O) groups is 1. The van der Waals surface area contributed by atoms with Crippen LogP contribution in [0.3, 0.4) is 0 Å². The molecule has 3 nitrogen and oxygen atoms in total. The van der Waals surface area contributed by atoms with E-state index in [0.29, 0.717) is 24.8 Å². The molecule has 0 amide bonds. The fourth-order valence-corrected chi connectivity index (χ4v) is 3.02. The van der Waals surface area contributed by atoms with Gasteiger partial charge in [0, 0.05) is 24.6 Å². The normalized spacial score (nSPS) is 13.3. The Labute approximate surface area is 153 Å². The third-order valence-electron chi connectivity index (χ3n) is 4.41. The molecule has 0 saturated carbocycles. The van der Waals surface area contributed by atoms with Gasteiger partial charge in [-0.3, -0.25) is 4.79 Å². The lowest BCUT2D eigenvalue weighted by Crippen LogP contribution is -2.38. The Kier molecular flexibility index (Phi) is 7.73. The maximum atomic E-state index is 13.7. The largest absolute Gasteiger partial charge is 0.481 e. The van der Waals surface area contributed by atoms with Crippen LogP contribution in [0, 0.1) is 11.6 Å². The van der Waals surface area contributed by atoms with Gasteiger partial charge in [-0.25, -0.2) is 8.78 Å². The standard InChI is InChI=1S/C21H25F2NO2/c1-15(7-8-17-9-10-18(22)14-20(17)23)24-19(11-12-21(25)26)13-16-5-3-2-4-6-16/h2-6,9-10,14-15,19,24H,7-8,11-13H2,1H3,(H,25,26). The van der Waals surface area contributed by atoms with Crippen molar-refractivity contribution in [1.29, 1.82) is 0 Å². The summed E-state index contributed by atoms with van der Waals surface area (Å²) in [7, 11) is 0. The molecule has 0 spiro atoms. The lowest BCUT2D eigenvalue weighted by atomic mass is 9.99. The maximum Gasteiger partial charge on any atom is 0.303 e. The topological polar surface area (TPSA) is 49.3 Å². The molecule has 0 radical (unpaired) electrons. The van der Waals surface area contributed by atoms with E-state index in [1.165, 1.54) is 12.1 Å². The van der Waals surface area contributed by atoms with Crippen molar-refractivity contribution in [3.8, 4) is 0 Å². The fourth-order valence-electron chi connectivity index (χ4n) is 3.02. The molecule has 0 aromatic heterocycles. The van der Waals surface area contributed by atoms with Crippen molar-refractivity contribution in [2.75, 3.05) is 0 Å². The zero-order valence-electron chi connectivity index (χ0n) is 14.9. The average molecular weight is 361 g/mol. The summed E-state index contributed by atoms with van der Waals surface area (Å²) < 4.78 is 26.7. The monoisotopic (exact) mass is 361 g/mol. The highest BCUT2D eigenvalue weighted by molar-refractivity contribution is 5.66. The van der Waals surface area contributed by atoms with Crippen molar-refractivity contribution < 1.29 is 18.7 Å². The summed E-state index contributed by atoms with van der Waals surface area (Å²) in [5, 5.41) is 12.4. The van der Waals surface area contributed by atoms with Crippen LogP contribution < -0.4 is 5.32 Å². The van der Waals surface area contributed by atoms with Gasteiger partial charge in [-0.2, -0.15) is 0 Å². The molecule has 0 bridgehead atoms. The van der Waals surface area contributed by atoms with Gasteiger partial charge in [-0.05, 0) is 49.8 Å². The van der Waals surface area contributed by atoms with E-state index in [-0.39, 0.29) is 18.5 Å². The fraction of sp³-hybridized carbons (Fsp3) is 0.381. The van der Waals surface area contributed by atoms with Crippen LogP contribution in [0.4, 0.5) is 8.78 Å². The summed E-state index contributed by atoms with van der Waals surface area (Å²) in [6.07, 6.45) is 2.55. The third-order valence-corrected chi connectivity index (χ3v) is 4.41. The first-order chi connectivity index (χ1) is 12.4. The molecule has 0 aliphatic carbocycles. The van der Waals surface area contributed by atoms with Crippen LogP contribution in [0.1, 0.15) is 37.3 Å². The van der Waals surface area contributed by atoms with Crippen molar-refractivity contribution in [3.63, 3.8) is 0 Å². The van der Waals surface area contributed by atoms with Gasteiger partial charge in [0.05, 0.1) is 0 Å². The zero-order valence-corrected chi connectivity index (χ0v) is 14.9. The van der Waals surface area contributed by atoms with Crippen LogP contribution in [0.15, 0.2) is 48.5 Å². The van der Waals surface area contributed by atoms with Crippen LogP contribution in [-0.4, -0.2) is 23.2 Å². The number of aryl methyl sites for hydroxylation is 1. The van der Waals surface area contributed by atoms with Crippen LogP contribution in [0.25, 0.3) is 0 Å². The molecule has 26 heavy (non-hydrogen) atoms. The van der Waals surface area contributed by atoms with Crippen molar-refractivity contribution in [3.05, 3.63) is 71.3 Å². The lowest BCUT2D eigenvalue weighted by molar-refractivity contribution is -0.137. The van der Waals surface area contributed by atoms with Crippen LogP contribution in [0.2, 0.25) is 0 Å². The number of rotatable bonds is 10. The number of carboxylic acid groups (broad SMARTS) is 1. The molecule has 2 atom stereocenters. The van der Waals surface area contributed by atoms with E-state index in [2.05, 4.69) is 5.32 Å². The minimum absolute atomic E-state index is 0.0292. The second-order valence-electron chi connectivity index (χ2n) is 6.66. The second kappa shape index (κ2) is 10.0. The number of hydrogen-bond donors (Lipinski definition) is 2. The summed E-state index contributed by atoms with van der Waals surface area (Å²) >= 11 is 0. The molecule has 0 heterocycles. The number of benzene rings is 2. The van der Waals surface area contributed by atoms with E-state index in [1.54, 1.807) is 0 Å². The molecule has 0 saturated heterocycles. The van der Waals surface area contributed by atoms with Gasteiger partial charge in [0.15, 0.2) is 0 Å². The molecule has 5 heteroatoms. The van der Waals surface area contributed by atoms with Crippen molar-refractivity contribution in [2.24, 2.45) is 0 Å². The Hall–Kier alpha value is -2.27. The van der Waals surface area contributed by atoms with Gasteiger partial charge in [0.2, 0.25) is 0 Å². The molecule has 2 N–H and O–H groups in total. The Morgan fingerprint density at radius 3 is 2.50 bits per heavy atom. The predicted molar refractivity (Wildman–Crippen MR) is 98.1 cm³/mol. The van der Waals surface area contributed by atoms with Gasteiger partial charge < -0.3 is 10.4 Å². The maximum absolute atomic E-state index is 13.7. The highest BCUT2D eigenvalue weighted by Gasteiger charge is 2.15. The zero-order chi connectivity index (χ0) is 18.9. The molecule has 2 aromatic carbocycles. The van der Waals surface area contributed by atoms with Gasteiger partial charge in [0.1, 0.15) is 11.6 Å². The first-order valence-electron chi connectivity index (χ1n) is 8.89. The molecule has 0 aliphatic rings. The Bertz CT molecular complexity index is 706. The van der Waals surface area contributed by atoms with E-state index < -0.39 is 17.6 Å². The molecule has 2 aromatic rings. The number of halogens is 2. The smallest absolute Gasteiger partial charge is 0.303 e. The Morgan fingerprint density at radius 2 is 1.85 bits per heavy atom. The van der Waals surface area contributed by atoms with E-state index in [1.807, 2.05) is 37.3 Å². The Morgan fingerprint density at radius 1 is 1.12 bits per heavy atom. The van der Waals surface area contributed by atoms with Gasteiger partial charge in [-0.1, -0.05) is 36.4 Å². The van der Waals surface area contributed by atoms with Crippen molar-refractivity contribution in [2.45, 2.75) is 51.1 Å². The Balaban J connectivity index is 1.91. The number of nitrogens with one attached hydrogen (secondary N) is 1. The van der Waals surface area contributed by atoms with Gasteiger partial charge in [-0.15, -0.1) is 0 Å². The summed E-state index contributed by atoms with van der Waals surface area (Å²) in [5.74, 6) is -1.91. The van der Waals surface area contributed by atoms with E-state index >= 15 is 0 Å². The summed E-state index contributed by atoms with van der Waals surface area (Å²) in [5.41, 5.74) is 1.64. The van der Waals surface area contributed by atoms with E-state index in [4.69, 9.17) is 5.11 Å². The number of hydrogen-bond acceptors (Lipinski definition) is 2. The molecule has 0 fully saturated rings. The molecule has 0 aliphatic heterocycles. The van der Waals surface area contributed by atoms with Crippen molar-refractivity contribution in [1.82, 2.24) is 5.32 Å². The molecule has 2 rings (SSSR count). The van der Waals surface area contributed by atoms with Gasteiger partial charge >= 0.3 is 5.97 Å². The van der Waals surface area contributed by atoms with E-state index in [9.17, 15) is 13.6 Å².